The molecule has 0 saturated heterocycles. The first-order chi connectivity index (χ1) is 13.6. The van der Waals surface area contributed by atoms with Gasteiger partial charge in [0.15, 0.2) is 5.82 Å². The van der Waals surface area contributed by atoms with Crippen LogP contribution in [0.15, 0.2) is 53.7 Å². The molecule has 0 radical (unpaired) electrons. The van der Waals surface area contributed by atoms with Gasteiger partial charge in [0.25, 0.3) is 0 Å². The third-order valence-electron chi connectivity index (χ3n) is 4.24. The Bertz CT molecular complexity index is 909. The highest BCUT2D eigenvalue weighted by molar-refractivity contribution is 7.99. The Morgan fingerprint density at radius 1 is 1.18 bits per heavy atom. The number of nitrogens with one attached hydrogen (secondary N) is 1. The molecule has 1 N–H and O–H groups in total. The van der Waals surface area contributed by atoms with Crippen LogP contribution in [0, 0.1) is 0 Å². The van der Waals surface area contributed by atoms with Crippen molar-refractivity contribution in [1.29, 1.82) is 0 Å². The summed E-state index contributed by atoms with van der Waals surface area (Å²) in [6.07, 6.45) is 2.63. The number of carbonyl (C=O) groups is 1. The zero-order valence-corrected chi connectivity index (χ0v) is 16.9. The van der Waals surface area contributed by atoms with E-state index in [1.165, 1.54) is 11.8 Å². The maximum atomic E-state index is 11.9. The Kier molecular flexibility index (Phi) is 6.65. The van der Waals surface area contributed by atoms with Crippen LogP contribution < -0.4 is 10.1 Å². The van der Waals surface area contributed by atoms with Crippen LogP contribution in [-0.2, 0) is 4.79 Å². The summed E-state index contributed by atoms with van der Waals surface area (Å²) in [5, 5.41) is 16.5. The number of nitrogens with zero attached hydrogens (tertiary/aromatic N) is 4. The van der Waals surface area contributed by atoms with Gasteiger partial charge in [0.1, 0.15) is 10.8 Å². The fourth-order valence-corrected chi connectivity index (χ4v) is 3.15. The van der Waals surface area contributed by atoms with E-state index in [-0.39, 0.29) is 11.9 Å². The van der Waals surface area contributed by atoms with Gasteiger partial charge in [-0.1, -0.05) is 18.7 Å². The monoisotopic (exact) mass is 397 g/mol. The molecule has 3 aromatic rings. The molecular formula is C20H23N5O2S. The molecule has 0 aliphatic heterocycles. The van der Waals surface area contributed by atoms with E-state index in [9.17, 15) is 4.79 Å². The van der Waals surface area contributed by atoms with E-state index < -0.39 is 0 Å². The SMILES string of the molecule is CC[C@H](C)NC(=O)CSc1ccc(-n2nccc2-c2ccc(OC)cc2)nn1. The van der Waals surface area contributed by atoms with Crippen molar-refractivity contribution in [1.82, 2.24) is 25.3 Å². The van der Waals surface area contributed by atoms with Crippen LogP contribution in [0.3, 0.4) is 0 Å². The Morgan fingerprint density at radius 2 is 1.96 bits per heavy atom. The lowest BCUT2D eigenvalue weighted by Crippen LogP contribution is -2.33. The number of aromatic nitrogens is 4. The highest BCUT2D eigenvalue weighted by atomic mass is 32.2. The van der Waals surface area contributed by atoms with Crippen molar-refractivity contribution < 1.29 is 9.53 Å². The predicted octanol–water partition coefficient (Wildman–Crippen LogP) is 3.34. The van der Waals surface area contributed by atoms with Crippen molar-refractivity contribution in [2.45, 2.75) is 31.3 Å². The number of amides is 1. The molecule has 1 amide bonds. The van der Waals surface area contributed by atoms with Gasteiger partial charge in [-0.25, -0.2) is 4.68 Å². The van der Waals surface area contributed by atoms with Gasteiger partial charge >= 0.3 is 0 Å². The van der Waals surface area contributed by atoms with E-state index in [1.807, 2.05) is 56.3 Å². The lowest BCUT2D eigenvalue weighted by atomic mass is 10.1. The fourth-order valence-electron chi connectivity index (χ4n) is 2.53. The molecule has 0 aliphatic carbocycles. The van der Waals surface area contributed by atoms with Gasteiger partial charge in [-0.05, 0) is 55.8 Å². The molecule has 0 fully saturated rings. The second-order valence-electron chi connectivity index (χ2n) is 6.25. The van der Waals surface area contributed by atoms with Gasteiger partial charge in [-0.3, -0.25) is 4.79 Å². The highest BCUT2D eigenvalue weighted by Gasteiger charge is 2.11. The summed E-state index contributed by atoms with van der Waals surface area (Å²) in [5.41, 5.74) is 1.91. The average molecular weight is 398 g/mol. The number of benzene rings is 1. The first-order valence-corrected chi connectivity index (χ1v) is 10.0. The summed E-state index contributed by atoms with van der Waals surface area (Å²) < 4.78 is 6.94. The maximum Gasteiger partial charge on any atom is 0.230 e. The number of ether oxygens (including phenoxy) is 1. The molecule has 1 aromatic carbocycles. The number of hydrogen-bond donors (Lipinski definition) is 1. The molecule has 7 nitrogen and oxygen atoms in total. The number of rotatable bonds is 8. The zero-order chi connectivity index (χ0) is 19.9. The Hall–Kier alpha value is -2.87. The van der Waals surface area contributed by atoms with E-state index in [4.69, 9.17) is 4.74 Å². The predicted molar refractivity (Wildman–Crippen MR) is 110 cm³/mol. The van der Waals surface area contributed by atoms with Crippen LogP contribution in [-0.4, -0.2) is 44.8 Å². The molecule has 8 heteroatoms. The summed E-state index contributed by atoms with van der Waals surface area (Å²) >= 11 is 1.36. The lowest BCUT2D eigenvalue weighted by Gasteiger charge is -2.10. The van der Waals surface area contributed by atoms with Crippen LogP contribution in [0.25, 0.3) is 17.1 Å². The molecule has 2 aromatic heterocycles. The van der Waals surface area contributed by atoms with Crippen LogP contribution in [0.2, 0.25) is 0 Å². The third-order valence-corrected chi connectivity index (χ3v) is 5.16. The van der Waals surface area contributed by atoms with Gasteiger partial charge in [0, 0.05) is 11.6 Å². The molecule has 0 spiro atoms. The molecule has 0 saturated carbocycles. The van der Waals surface area contributed by atoms with E-state index in [1.54, 1.807) is 18.0 Å². The van der Waals surface area contributed by atoms with Crippen LogP contribution in [0.1, 0.15) is 20.3 Å². The number of methoxy groups -OCH3 is 1. The van der Waals surface area contributed by atoms with Crippen LogP contribution >= 0.6 is 11.8 Å². The van der Waals surface area contributed by atoms with E-state index in [0.29, 0.717) is 16.6 Å². The molecule has 3 rings (SSSR count). The smallest absolute Gasteiger partial charge is 0.230 e. The second kappa shape index (κ2) is 9.36. The summed E-state index contributed by atoms with van der Waals surface area (Å²) in [7, 11) is 1.64. The van der Waals surface area contributed by atoms with Crippen molar-refractivity contribution in [3.63, 3.8) is 0 Å². The quantitative estimate of drug-likeness (QED) is 0.587. The van der Waals surface area contributed by atoms with Crippen LogP contribution in [0.5, 0.6) is 5.75 Å². The molecule has 2 heterocycles. The molecule has 1 atom stereocenters. The van der Waals surface area contributed by atoms with Gasteiger partial charge < -0.3 is 10.1 Å². The number of thioether (sulfide) groups is 1. The summed E-state index contributed by atoms with van der Waals surface area (Å²) in [6.45, 7) is 4.03. The largest absolute Gasteiger partial charge is 0.497 e. The third kappa shape index (κ3) is 4.89. The minimum Gasteiger partial charge on any atom is -0.497 e. The van der Waals surface area contributed by atoms with Crippen LogP contribution in [0.4, 0.5) is 0 Å². The molecule has 146 valence electrons. The molecule has 0 aliphatic rings. The topological polar surface area (TPSA) is 81.9 Å². The average Bonchev–Trinajstić information content (AvgIpc) is 3.22. The van der Waals surface area contributed by atoms with Gasteiger partial charge in [0.2, 0.25) is 5.91 Å². The van der Waals surface area contributed by atoms with Crippen molar-refractivity contribution in [2.75, 3.05) is 12.9 Å². The van der Waals surface area contributed by atoms with Crippen molar-refractivity contribution in [3.8, 4) is 22.8 Å². The molecule has 0 bridgehead atoms. The van der Waals surface area contributed by atoms with Crippen molar-refractivity contribution >= 4 is 17.7 Å². The maximum absolute atomic E-state index is 11.9. The van der Waals surface area contributed by atoms with Crippen molar-refractivity contribution in [2.24, 2.45) is 0 Å². The zero-order valence-electron chi connectivity index (χ0n) is 16.1. The minimum atomic E-state index is -0.000838. The first kappa shape index (κ1) is 19.9. The van der Waals surface area contributed by atoms with Gasteiger partial charge in [0.05, 0.1) is 24.8 Å². The lowest BCUT2D eigenvalue weighted by molar-refractivity contribution is -0.119. The summed E-state index contributed by atoms with van der Waals surface area (Å²) in [5.74, 6) is 1.73. The van der Waals surface area contributed by atoms with Gasteiger partial charge in [-0.15, -0.1) is 10.2 Å². The van der Waals surface area contributed by atoms with E-state index in [2.05, 4.69) is 20.6 Å². The Morgan fingerprint density at radius 3 is 2.61 bits per heavy atom. The molecular weight excluding hydrogens is 374 g/mol. The fraction of sp³-hybridized carbons (Fsp3) is 0.300. The van der Waals surface area contributed by atoms with E-state index >= 15 is 0 Å². The standard InChI is InChI=1S/C20H23N5O2S/c1-4-14(2)22-19(26)13-28-20-10-9-18(23-24-20)25-17(11-12-21-25)15-5-7-16(27-3)8-6-15/h5-12,14H,4,13H2,1-3H3,(H,22,26)/t14-/m0/s1. The minimum absolute atomic E-state index is 0.000838. The highest BCUT2D eigenvalue weighted by Crippen LogP contribution is 2.24. The second-order valence-corrected chi connectivity index (χ2v) is 7.25. The van der Waals surface area contributed by atoms with E-state index in [0.717, 1.165) is 23.4 Å². The molecule has 28 heavy (non-hydrogen) atoms. The Balaban J connectivity index is 1.69. The van der Waals surface area contributed by atoms with Gasteiger partial charge in [-0.2, -0.15) is 5.10 Å². The number of hydrogen-bond acceptors (Lipinski definition) is 6. The first-order valence-electron chi connectivity index (χ1n) is 9.05. The summed E-state index contributed by atoms with van der Waals surface area (Å²) in [6, 6.07) is 13.6. The van der Waals surface area contributed by atoms with Crippen molar-refractivity contribution in [3.05, 3.63) is 48.7 Å². The molecule has 0 unspecified atom stereocenters. The number of carbonyl (C=O) groups excluding carboxylic acids is 1. The summed E-state index contributed by atoms with van der Waals surface area (Å²) in [4.78, 5) is 11.9. The normalized spacial score (nSPS) is 11.8. The Labute approximate surface area is 168 Å².